The largest absolute Gasteiger partial charge is 0.347 e. The molecule has 2 N–H and O–H groups in total. The Hall–Kier alpha value is -2.11. The summed E-state index contributed by atoms with van der Waals surface area (Å²) in [7, 11) is -3.75. The lowest BCUT2D eigenvalue weighted by atomic mass is 9.88. The minimum absolute atomic E-state index is 0.0460. The molecule has 132 valence electrons. The molecule has 3 rings (SSSR count). The monoisotopic (exact) mass is 356 g/mol. The molecule has 3 aromatic rings. The number of para-hydroxylation sites is 1. The molecule has 25 heavy (non-hydrogen) atoms. The van der Waals surface area contributed by atoms with E-state index in [-0.39, 0.29) is 16.7 Å². The number of nitrogens with two attached hydrogens (primary N) is 1. The summed E-state index contributed by atoms with van der Waals surface area (Å²) in [5, 5.41) is 6.68. The van der Waals surface area contributed by atoms with Crippen molar-refractivity contribution in [3.63, 3.8) is 0 Å². The second-order valence-corrected chi connectivity index (χ2v) is 8.44. The summed E-state index contributed by atoms with van der Waals surface area (Å²) in [6, 6.07) is 15.3. The predicted octanol–water partition coefficient (Wildman–Crippen LogP) is 4.04. The van der Waals surface area contributed by atoms with Crippen LogP contribution in [0.15, 0.2) is 59.6 Å². The van der Waals surface area contributed by atoms with Gasteiger partial charge in [-0.15, -0.1) is 0 Å². The van der Waals surface area contributed by atoms with E-state index in [1.807, 2.05) is 24.3 Å². The molecule has 0 aliphatic carbocycles. The van der Waals surface area contributed by atoms with Crippen molar-refractivity contribution in [1.29, 1.82) is 0 Å². The number of sulfonamides is 1. The van der Waals surface area contributed by atoms with Crippen LogP contribution in [0.2, 0.25) is 0 Å². The van der Waals surface area contributed by atoms with Crippen LogP contribution < -0.4 is 5.14 Å². The van der Waals surface area contributed by atoms with Gasteiger partial charge < -0.3 is 4.57 Å². The van der Waals surface area contributed by atoms with Gasteiger partial charge in [-0.05, 0) is 36.1 Å². The zero-order chi connectivity index (χ0) is 18.2. The molecule has 0 amide bonds. The molecule has 1 aromatic heterocycles. The van der Waals surface area contributed by atoms with Gasteiger partial charge in [-0.3, -0.25) is 0 Å². The van der Waals surface area contributed by atoms with E-state index in [9.17, 15) is 8.42 Å². The molecule has 1 heterocycles. The number of rotatable bonds is 5. The summed E-state index contributed by atoms with van der Waals surface area (Å²) in [5.74, 6) is 0.314. The third kappa shape index (κ3) is 3.48. The Kier molecular flexibility index (Phi) is 4.71. The van der Waals surface area contributed by atoms with Crippen molar-refractivity contribution in [2.45, 2.75) is 38.1 Å². The summed E-state index contributed by atoms with van der Waals surface area (Å²) in [4.78, 5) is 0.224. The number of hydrogen-bond donors (Lipinski definition) is 1. The number of primary sulfonamides is 1. The third-order valence-electron chi connectivity index (χ3n) is 4.81. The van der Waals surface area contributed by atoms with E-state index < -0.39 is 10.0 Å². The Bertz CT molecular complexity index is 1000. The number of aryl methyl sites for hydroxylation is 1. The average Bonchev–Trinajstić information content (AvgIpc) is 2.88. The van der Waals surface area contributed by atoms with Gasteiger partial charge >= 0.3 is 0 Å². The van der Waals surface area contributed by atoms with Crippen LogP contribution in [0.3, 0.4) is 0 Å². The van der Waals surface area contributed by atoms with Crippen molar-refractivity contribution < 1.29 is 8.42 Å². The SMILES string of the molecule is Cc1cn(C[C@H](c2ccccc2S(N)(=O)=O)C(C)C)c2ccccc12. The Balaban J connectivity index is 2.10. The highest BCUT2D eigenvalue weighted by atomic mass is 32.2. The van der Waals surface area contributed by atoms with Crippen LogP contribution in [-0.4, -0.2) is 13.0 Å². The number of hydrogen-bond acceptors (Lipinski definition) is 2. The molecule has 4 nitrogen and oxygen atoms in total. The molecule has 0 aliphatic heterocycles. The van der Waals surface area contributed by atoms with Gasteiger partial charge in [0.1, 0.15) is 0 Å². The van der Waals surface area contributed by atoms with Crippen LogP contribution in [-0.2, 0) is 16.6 Å². The van der Waals surface area contributed by atoms with E-state index in [4.69, 9.17) is 5.14 Å². The molecule has 0 bridgehead atoms. The first-order valence-electron chi connectivity index (χ1n) is 8.45. The van der Waals surface area contributed by atoms with Gasteiger partial charge in [-0.1, -0.05) is 50.2 Å². The Labute approximate surface area is 149 Å². The fourth-order valence-electron chi connectivity index (χ4n) is 3.51. The molecule has 0 saturated carbocycles. The minimum atomic E-state index is -3.75. The van der Waals surface area contributed by atoms with Gasteiger partial charge in [-0.2, -0.15) is 0 Å². The van der Waals surface area contributed by atoms with Gasteiger partial charge in [0.2, 0.25) is 10.0 Å². The first-order valence-corrected chi connectivity index (χ1v) is 10.00. The van der Waals surface area contributed by atoms with E-state index in [1.165, 1.54) is 16.5 Å². The Morgan fingerprint density at radius 3 is 2.36 bits per heavy atom. The van der Waals surface area contributed by atoms with Crippen LogP contribution in [0.5, 0.6) is 0 Å². The molecule has 2 aromatic carbocycles. The maximum atomic E-state index is 12.0. The standard InChI is InChI=1S/C20H24N2O2S/c1-14(2)18(17-9-5-7-11-20(17)25(21,23)24)13-22-12-15(3)16-8-4-6-10-19(16)22/h4-12,14,18H,13H2,1-3H3,(H2,21,23,24)/t18-/m0/s1. The lowest BCUT2D eigenvalue weighted by molar-refractivity contribution is 0.435. The summed E-state index contributed by atoms with van der Waals surface area (Å²) >= 11 is 0. The summed E-state index contributed by atoms with van der Waals surface area (Å²) in [6.45, 7) is 7.03. The highest BCUT2D eigenvalue weighted by Gasteiger charge is 2.24. The maximum Gasteiger partial charge on any atom is 0.238 e. The molecule has 5 heteroatoms. The van der Waals surface area contributed by atoms with Crippen LogP contribution >= 0.6 is 0 Å². The lowest BCUT2D eigenvalue weighted by Crippen LogP contribution is -2.20. The van der Waals surface area contributed by atoms with Gasteiger partial charge in [0.25, 0.3) is 0 Å². The Morgan fingerprint density at radius 1 is 1.04 bits per heavy atom. The maximum absolute atomic E-state index is 12.0. The molecule has 0 saturated heterocycles. The molecule has 1 atom stereocenters. The number of nitrogens with zero attached hydrogens (tertiary/aromatic N) is 1. The van der Waals surface area contributed by atoms with Crippen LogP contribution in [0.4, 0.5) is 0 Å². The lowest BCUT2D eigenvalue weighted by Gasteiger charge is -2.24. The van der Waals surface area contributed by atoms with E-state index in [2.05, 4.69) is 43.7 Å². The summed E-state index contributed by atoms with van der Waals surface area (Å²) in [6.07, 6.45) is 2.14. The molecule has 0 unspecified atom stereocenters. The number of fused-ring (bicyclic) bond motifs is 1. The predicted molar refractivity (Wildman–Crippen MR) is 102 cm³/mol. The Morgan fingerprint density at radius 2 is 1.68 bits per heavy atom. The second-order valence-electron chi connectivity index (χ2n) is 6.91. The van der Waals surface area contributed by atoms with Crippen molar-refractivity contribution in [3.8, 4) is 0 Å². The minimum Gasteiger partial charge on any atom is -0.347 e. The molecular weight excluding hydrogens is 332 g/mol. The van der Waals surface area contributed by atoms with Gasteiger partial charge in [-0.25, -0.2) is 13.6 Å². The quantitative estimate of drug-likeness (QED) is 0.750. The van der Waals surface area contributed by atoms with Gasteiger partial charge in [0.15, 0.2) is 0 Å². The fourth-order valence-corrected chi connectivity index (χ4v) is 4.32. The second kappa shape index (κ2) is 6.65. The summed E-state index contributed by atoms with van der Waals surface area (Å²) in [5.41, 5.74) is 3.17. The first-order chi connectivity index (χ1) is 11.8. The normalized spacial score (nSPS) is 13.5. The van der Waals surface area contributed by atoms with Crippen molar-refractivity contribution in [2.24, 2.45) is 11.1 Å². The average molecular weight is 356 g/mol. The van der Waals surface area contributed by atoms with E-state index in [0.29, 0.717) is 6.54 Å². The first kappa shape index (κ1) is 17.7. The molecule has 0 spiro atoms. The molecular formula is C20H24N2O2S. The zero-order valence-corrected chi connectivity index (χ0v) is 15.6. The third-order valence-corrected chi connectivity index (χ3v) is 5.80. The molecule has 0 fully saturated rings. The molecule has 0 radical (unpaired) electrons. The van der Waals surface area contributed by atoms with Crippen molar-refractivity contribution in [2.75, 3.05) is 0 Å². The van der Waals surface area contributed by atoms with Gasteiger partial charge in [0, 0.05) is 29.6 Å². The topological polar surface area (TPSA) is 65.1 Å². The fraction of sp³-hybridized carbons (Fsp3) is 0.300. The molecule has 0 aliphatic rings. The van der Waals surface area contributed by atoms with E-state index >= 15 is 0 Å². The highest BCUT2D eigenvalue weighted by molar-refractivity contribution is 7.89. The van der Waals surface area contributed by atoms with Gasteiger partial charge in [0.05, 0.1) is 4.90 Å². The van der Waals surface area contributed by atoms with Crippen molar-refractivity contribution in [1.82, 2.24) is 4.57 Å². The number of benzene rings is 2. The highest BCUT2D eigenvalue weighted by Crippen LogP contribution is 2.32. The zero-order valence-electron chi connectivity index (χ0n) is 14.8. The van der Waals surface area contributed by atoms with E-state index in [0.717, 1.165) is 5.56 Å². The van der Waals surface area contributed by atoms with Crippen molar-refractivity contribution >= 4 is 20.9 Å². The van der Waals surface area contributed by atoms with Crippen molar-refractivity contribution in [3.05, 3.63) is 65.9 Å². The van der Waals surface area contributed by atoms with E-state index in [1.54, 1.807) is 12.1 Å². The number of aromatic nitrogens is 1. The van der Waals surface area contributed by atoms with Crippen LogP contribution in [0, 0.1) is 12.8 Å². The smallest absolute Gasteiger partial charge is 0.238 e. The summed E-state index contributed by atoms with van der Waals surface area (Å²) < 4.78 is 26.3. The van der Waals surface area contributed by atoms with Crippen LogP contribution in [0.1, 0.15) is 30.9 Å². The van der Waals surface area contributed by atoms with Crippen LogP contribution in [0.25, 0.3) is 10.9 Å².